The van der Waals surface area contributed by atoms with Crippen molar-refractivity contribution < 1.29 is 4.74 Å². The molecule has 62 valence electrons. The first kappa shape index (κ1) is 7.41. The summed E-state index contributed by atoms with van der Waals surface area (Å²) >= 11 is 0. The van der Waals surface area contributed by atoms with Gasteiger partial charge in [0.15, 0.2) is 0 Å². The molecule has 0 atom stereocenters. The van der Waals surface area contributed by atoms with Crippen molar-refractivity contribution in [3.63, 3.8) is 0 Å². The molecule has 2 rings (SSSR count). The van der Waals surface area contributed by atoms with Crippen molar-refractivity contribution in [1.29, 1.82) is 0 Å². The third-order valence-corrected chi connectivity index (χ3v) is 1.84. The summed E-state index contributed by atoms with van der Waals surface area (Å²) in [6.45, 7) is 1.92. The van der Waals surface area contributed by atoms with E-state index in [1.807, 2.05) is 30.4 Å². The summed E-state index contributed by atoms with van der Waals surface area (Å²) in [5.41, 5.74) is 2.98. The average molecular weight is 161 g/mol. The predicted octanol–water partition coefficient (Wildman–Crippen LogP) is 1.14. The second kappa shape index (κ2) is 3.44. The van der Waals surface area contributed by atoms with E-state index in [1.165, 1.54) is 0 Å². The van der Waals surface area contributed by atoms with Gasteiger partial charge in [0.2, 0.25) is 0 Å². The van der Waals surface area contributed by atoms with Crippen molar-refractivity contribution >= 4 is 0 Å². The van der Waals surface area contributed by atoms with Crippen LogP contribution in [0.25, 0.3) is 0 Å². The monoisotopic (exact) mass is 161 g/mol. The molecule has 2 heteroatoms. The van der Waals surface area contributed by atoms with Gasteiger partial charge in [-0.1, -0.05) is 6.08 Å². The van der Waals surface area contributed by atoms with E-state index in [0.717, 1.165) is 18.8 Å². The Labute approximate surface area is 71.9 Å². The van der Waals surface area contributed by atoms with Gasteiger partial charge >= 0.3 is 0 Å². The van der Waals surface area contributed by atoms with Crippen molar-refractivity contribution in [3.8, 4) is 0 Å². The first-order chi connectivity index (χ1) is 5.95. The molecule has 2 aliphatic rings. The van der Waals surface area contributed by atoms with E-state index in [1.54, 1.807) is 0 Å². The third-order valence-electron chi connectivity index (χ3n) is 1.84. The first-order valence-corrected chi connectivity index (χ1v) is 4.12. The maximum atomic E-state index is 5.63. The minimum absolute atomic E-state index is 0.354. The van der Waals surface area contributed by atoms with Crippen molar-refractivity contribution in [2.24, 2.45) is 0 Å². The van der Waals surface area contributed by atoms with E-state index < -0.39 is 0 Å². The molecule has 2 nitrogen and oxygen atoms in total. The second-order valence-corrected chi connectivity index (χ2v) is 2.83. The average Bonchev–Trinajstić information content (AvgIpc) is 2.24. The fourth-order valence-electron chi connectivity index (χ4n) is 1.06. The lowest BCUT2D eigenvalue weighted by Crippen LogP contribution is -2.48. The largest absolute Gasteiger partial charge is 0.488 e. The first-order valence-electron chi connectivity index (χ1n) is 4.12. The van der Waals surface area contributed by atoms with Gasteiger partial charge in [0.1, 0.15) is 11.9 Å². The lowest BCUT2D eigenvalue weighted by atomic mass is 10.2. The number of allylic oxidation sites excluding steroid dienone is 4. The molecule has 0 spiro atoms. The lowest BCUT2D eigenvalue weighted by molar-refractivity contribution is 0.0787. The summed E-state index contributed by atoms with van der Waals surface area (Å²) in [4.78, 5) is 0. The van der Waals surface area contributed by atoms with E-state index in [-0.39, 0.29) is 0 Å². The standard InChI is InChI=1S/C10H11NO/c1-2-4-6-9(5-3-1)12-10-7-11-8-10/h1,3-6,10-11H,7-8H2. The summed E-state index contributed by atoms with van der Waals surface area (Å²) in [6.07, 6.45) is 9.90. The van der Waals surface area contributed by atoms with Crippen LogP contribution in [0.3, 0.4) is 0 Å². The predicted molar refractivity (Wildman–Crippen MR) is 47.6 cm³/mol. The summed E-state index contributed by atoms with van der Waals surface area (Å²) in [6, 6.07) is 0. The zero-order valence-electron chi connectivity index (χ0n) is 6.79. The van der Waals surface area contributed by atoms with Gasteiger partial charge in [-0.3, -0.25) is 0 Å². The highest BCUT2D eigenvalue weighted by Gasteiger charge is 2.18. The van der Waals surface area contributed by atoms with Crippen LogP contribution < -0.4 is 5.32 Å². The fraction of sp³-hybridized carbons (Fsp3) is 0.300. The third kappa shape index (κ3) is 1.67. The summed E-state index contributed by atoms with van der Waals surface area (Å²) < 4.78 is 5.63. The van der Waals surface area contributed by atoms with Gasteiger partial charge in [-0.05, 0) is 24.3 Å². The molecule has 12 heavy (non-hydrogen) atoms. The van der Waals surface area contributed by atoms with Crippen molar-refractivity contribution in [2.45, 2.75) is 6.10 Å². The van der Waals surface area contributed by atoms with Gasteiger partial charge in [-0.2, -0.15) is 0 Å². The molecule has 1 aliphatic heterocycles. The van der Waals surface area contributed by atoms with Crippen LogP contribution in [-0.4, -0.2) is 19.2 Å². The Morgan fingerprint density at radius 1 is 1.42 bits per heavy atom. The lowest BCUT2D eigenvalue weighted by Gasteiger charge is -2.28. The highest BCUT2D eigenvalue weighted by molar-refractivity contribution is 5.25. The minimum Gasteiger partial charge on any atom is -0.488 e. The van der Waals surface area contributed by atoms with Gasteiger partial charge < -0.3 is 10.1 Å². The SMILES string of the molecule is C1=CC=CC(OC2CNC2)=CC=1. The Morgan fingerprint density at radius 2 is 2.33 bits per heavy atom. The molecule has 1 aliphatic carbocycles. The van der Waals surface area contributed by atoms with E-state index >= 15 is 0 Å². The Kier molecular flexibility index (Phi) is 2.12. The molecule has 0 amide bonds. The number of rotatable bonds is 2. The number of hydrogen-bond acceptors (Lipinski definition) is 2. The molecule has 0 bridgehead atoms. The topological polar surface area (TPSA) is 21.3 Å². The van der Waals surface area contributed by atoms with Crippen LogP contribution in [0.2, 0.25) is 0 Å². The Morgan fingerprint density at radius 3 is 3.08 bits per heavy atom. The molecular formula is C10H11NO. The van der Waals surface area contributed by atoms with E-state index in [0.29, 0.717) is 6.10 Å². The number of hydrogen-bond donors (Lipinski definition) is 1. The van der Waals surface area contributed by atoms with Crippen molar-refractivity contribution in [1.82, 2.24) is 5.32 Å². The molecule has 1 heterocycles. The Hall–Kier alpha value is -1.24. The maximum Gasteiger partial charge on any atom is 0.123 e. The van der Waals surface area contributed by atoms with Crippen LogP contribution in [0.4, 0.5) is 0 Å². The van der Waals surface area contributed by atoms with Crippen LogP contribution in [0.5, 0.6) is 0 Å². The smallest absolute Gasteiger partial charge is 0.123 e. The van der Waals surface area contributed by atoms with Crippen LogP contribution in [-0.2, 0) is 4.74 Å². The molecule has 1 fully saturated rings. The van der Waals surface area contributed by atoms with Crippen LogP contribution in [0, 0.1) is 0 Å². The second-order valence-electron chi connectivity index (χ2n) is 2.83. The quantitative estimate of drug-likeness (QED) is 0.613. The Balaban J connectivity index is 1.95. The van der Waals surface area contributed by atoms with Gasteiger partial charge in [-0.15, -0.1) is 5.73 Å². The zero-order valence-corrected chi connectivity index (χ0v) is 6.79. The summed E-state index contributed by atoms with van der Waals surface area (Å²) in [5.74, 6) is 0.919. The summed E-state index contributed by atoms with van der Waals surface area (Å²) in [5, 5.41) is 3.16. The molecule has 0 aromatic rings. The van der Waals surface area contributed by atoms with Crippen molar-refractivity contribution in [3.05, 3.63) is 41.9 Å². The molecule has 0 saturated carbocycles. The molecule has 0 radical (unpaired) electrons. The molecule has 0 aromatic heterocycles. The van der Waals surface area contributed by atoms with Crippen molar-refractivity contribution in [2.75, 3.05) is 13.1 Å². The molecule has 1 N–H and O–H groups in total. The van der Waals surface area contributed by atoms with Crippen LogP contribution in [0.15, 0.2) is 41.9 Å². The molecule has 1 saturated heterocycles. The zero-order chi connectivity index (χ0) is 8.23. The van der Waals surface area contributed by atoms with Gasteiger partial charge in [-0.25, -0.2) is 0 Å². The molecular weight excluding hydrogens is 150 g/mol. The maximum absolute atomic E-state index is 5.63. The van der Waals surface area contributed by atoms with Gasteiger partial charge in [0, 0.05) is 13.1 Å². The highest BCUT2D eigenvalue weighted by Crippen LogP contribution is 2.09. The molecule has 0 unspecified atom stereocenters. The van der Waals surface area contributed by atoms with E-state index in [2.05, 4.69) is 11.0 Å². The Bertz CT molecular complexity index is 278. The minimum atomic E-state index is 0.354. The highest BCUT2D eigenvalue weighted by atomic mass is 16.5. The molecule has 0 aromatic carbocycles. The van der Waals surface area contributed by atoms with E-state index in [9.17, 15) is 0 Å². The normalized spacial score (nSPS) is 21.5. The van der Waals surface area contributed by atoms with Gasteiger partial charge in [0.25, 0.3) is 0 Å². The summed E-state index contributed by atoms with van der Waals surface area (Å²) in [7, 11) is 0. The fourth-order valence-corrected chi connectivity index (χ4v) is 1.06. The van der Waals surface area contributed by atoms with Crippen LogP contribution >= 0.6 is 0 Å². The van der Waals surface area contributed by atoms with Gasteiger partial charge in [0.05, 0.1) is 0 Å². The van der Waals surface area contributed by atoms with Crippen LogP contribution in [0.1, 0.15) is 0 Å². The van der Waals surface area contributed by atoms with E-state index in [4.69, 9.17) is 4.74 Å². The number of nitrogens with one attached hydrogen (secondary N) is 1. The number of ether oxygens (including phenoxy) is 1.